The molecule has 20 heavy (non-hydrogen) atoms. The highest BCUT2D eigenvalue weighted by Gasteiger charge is 2.29. The summed E-state index contributed by atoms with van der Waals surface area (Å²) in [5.41, 5.74) is 1.17. The summed E-state index contributed by atoms with van der Waals surface area (Å²) in [6, 6.07) is 8.45. The first kappa shape index (κ1) is 15.7. The average molecular weight is 275 g/mol. The Labute approximate surface area is 117 Å². The Bertz CT molecular complexity index is 516. The number of carboxylic acids is 1. The van der Waals surface area contributed by atoms with Crippen LogP contribution in [0, 0.1) is 17.2 Å². The maximum absolute atomic E-state index is 11.8. The van der Waals surface area contributed by atoms with Crippen molar-refractivity contribution >= 4 is 11.9 Å². The van der Waals surface area contributed by atoms with Crippen LogP contribution in [0.3, 0.4) is 0 Å². The Morgan fingerprint density at radius 1 is 1.35 bits per heavy atom. The fraction of sp³-hybridized carbons (Fsp3) is 0.400. The van der Waals surface area contributed by atoms with Crippen LogP contribution in [-0.4, -0.2) is 23.1 Å². The fourth-order valence-corrected chi connectivity index (χ4v) is 1.59. The zero-order valence-corrected chi connectivity index (χ0v) is 11.5. The van der Waals surface area contributed by atoms with Crippen LogP contribution in [0.5, 0.6) is 0 Å². The number of benzene rings is 1. The van der Waals surface area contributed by atoms with Gasteiger partial charge in [-0.15, -0.1) is 0 Å². The number of carbonyl (C=O) groups is 2. The summed E-state index contributed by atoms with van der Waals surface area (Å²) in [4.78, 5) is 23.0. The van der Waals surface area contributed by atoms with E-state index < -0.39 is 17.9 Å². The first-order valence-electron chi connectivity index (χ1n) is 6.40. The zero-order chi connectivity index (χ0) is 15.1. The fourth-order valence-electron chi connectivity index (χ4n) is 1.59. The predicted molar refractivity (Wildman–Crippen MR) is 71.8 cm³/mol. The van der Waals surface area contributed by atoms with Gasteiger partial charge in [0.25, 0.3) is 0 Å². The van der Waals surface area contributed by atoms with Gasteiger partial charge in [-0.05, 0) is 37.5 Å². The van der Waals surface area contributed by atoms with Crippen LogP contribution in [0.1, 0.15) is 31.4 Å². The molecule has 1 aromatic rings. The van der Waals surface area contributed by atoms with E-state index in [2.05, 4.69) is 0 Å². The molecule has 0 amide bonds. The van der Waals surface area contributed by atoms with Crippen molar-refractivity contribution < 1.29 is 19.4 Å². The molecule has 1 aromatic carbocycles. The Hall–Kier alpha value is -2.35. The molecular weight excluding hydrogens is 258 g/mol. The molecule has 0 fully saturated rings. The van der Waals surface area contributed by atoms with E-state index in [0.29, 0.717) is 17.5 Å². The molecule has 0 aliphatic carbocycles. The van der Waals surface area contributed by atoms with Gasteiger partial charge in [-0.3, -0.25) is 9.59 Å². The molecule has 2 unspecified atom stereocenters. The van der Waals surface area contributed by atoms with Gasteiger partial charge in [0.05, 0.1) is 17.7 Å². The van der Waals surface area contributed by atoms with Gasteiger partial charge in [0.2, 0.25) is 0 Å². The second kappa shape index (κ2) is 7.29. The van der Waals surface area contributed by atoms with E-state index >= 15 is 0 Å². The Morgan fingerprint density at radius 3 is 2.40 bits per heavy atom. The molecule has 0 heterocycles. The second-order valence-corrected chi connectivity index (χ2v) is 4.56. The molecule has 0 saturated carbocycles. The minimum absolute atomic E-state index is 0.0519. The first-order chi connectivity index (χ1) is 9.47. The molecule has 0 aliphatic rings. The number of carbonyl (C=O) groups excluding carboxylic acids is 1. The van der Waals surface area contributed by atoms with Gasteiger partial charge in [0.1, 0.15) is 0 Å². The number of carboxylic acid groups (broad SMARTS) is 1. The van der Waals surface area contributed by atoms with Crippen LogP contribution in [0.15, 0.2) is 24.3 Å². The van der Waals surface area contributed by atoms with Gasteiger partial charge in [0.15, 0.2) is 5.92 Å². The quantitative estimate of drug-likeness (QED) is 0.634. The highest BCUT2D eigenvalue weighted by molar-refractivity contribution is 5.94. The van der Waals surface area contributed by atoms with Gasteiger partial charge in [-0.25, -0.2) is 0 Å². The third-order valence-corrected chi connectivity index (χ3v) is 3.00. The minimum Gasteiger partial charge on any atom is -0.481 e. The Morgan fingerprint density at radius 2 is 1.95 bits per heavy atom. The largest absolute Gasteiger partial charge is 0.481 e. The molecule has 0 spiro atoms. The number of nitriles is 1. The summed E-state index contributed by atoms with van der Waals surface area (Å²) in [5, 5.41) is 17.8. The first-order valence-corrected chi connectivity index (χ1v) is 6.40. The Balaban J connectivity index is 2.79. The van der Waals surface area contributed by atoms with Crippen molar-refractivity contribution in [1.29, 1.82) is 5.26 Å². The van der Waals surface area contributed by atoms with E-state index in [4.69, 9.17) is 15.1 Å². The van der Waals surface area contributed by atoms with Crippen molar-refractivity contribution in [1.82, 2.24) is 0 Å². The highest BCUT2D eigenvalue weighted by atomic mass is 16.5. The SMILES string of the molecule is CCC(C)OC(=O)C(Cc1ccc(C#N)cc1)C(=O)O. The molecule has 1 N–H and O–H groups in total. The molecule has 1 rings (SSSR count). The van der Waals surface area contributed by atoms with Crippen molar-refractivity contribution in [3.05, 3.63) is 35.4 Å². The zero-order valence-electron chi connectivity index (χ0n) is 11.5. The van der Waals surface area contributed by atoms with Crippen LogP contribution >= 0.6 is 0 Å². The summed E-state index contributed by atoms with van der Waals surface area (Å²) < 4.78 is 5.07. The topological polar surface area (TPSA) is 87.4 Å². The number of aliphatic carboxylic acids is 1. The number of nitrogens with zero attached hydrogens (tertiary/aromatic N) is 1. The van der Waals surface area contributed by atoms with Crippen LogP contribution in [-0.2, 0) is 20.7 Å². The third kappa shape index (κ3) is 4.39. The van der Waals surface area contributed by atoms with E-state index in [9.17, 15) is 9.59 Å². The molecule has 0 aliphatic heterocycles. The monoisotopic (exact) mass is 275 g/mol. The summed E-state index contributed by atoms with van der Waals surface area (Å²) >= 11 is 0. The van der Waals surface area contributed by atoms with Crippen LogP contribution in [0.25, 0.3) is 0 Å². The van der Waals surface area contributed by atoms with Gasteiger partial charge in [-0.1, -0.05) is 19.1 Å². The Kier molecular flexibility index (Phi) is 5.73. The van der Waals surface area contributed by atoms with Crippen LogP contribution < -0.4 is 0 Å². The van der Waals surface area contributed by atoms with E-state index in [1.165, 1.54) is 0 Å². The van der Waals surface area contributed by atoms with Crippen molar-refractivity contribution in [3.63, 3.8) is 0 Å². The number of esters is 1. The molecule has 5 nitrogen and oxygen atoms in total. The van der Waals surface area contributed by atoms with Crippen molar-refractivity contribution in [2.75, 3.05) is 0 Å². The summed E-state index contributed by atoms with van der Waals surface area (Å²) in [6.45, 7) is 3.58. The van der Waals surface area contributed by atoms with Gasteiger partial charge in [0, 0.05) is 0 Å². The molecule has 106 valence electrons. The molecule has 0 bridgehead atoms. The lowest BCUT2D eigenvalue weighted by molar-refractivity contribution is -0.161. The van der Waals surface area contributed by atoms with E-state index in [-0.39, 0.29) is 12.5 Å². The van der Waals surface area contributed by atoms with Crippen molar-refractivity contribution in [2.24, 2.45) is 5.92 Å². The smallest absolute Gasteiger partial charge is 0.320 e. The number of hydrogen-bond donors (Lipinski definition) is 1. The van der Waals surface area contributed by atoms with Gasteiger partial charge >= 0.3 is 11.9 Å². The molecule has 0 radical (unpaired) electrons. The second-order valence-electron chi connectivity index (χ2n) is 4.56. The summed E-state index contributed by atoms with van der Waals surface area (Å²) in [7, 11) is 0. The number of hydrogen-bond acceptors (Lipinski definition) is 4. The summed E-state index contributed by atoms with van der Waals surface area (Å²) in [5.74, 6) is -3.16. The average Bonchev–Trinajstić information content (AvgIpc) is 2.44. The number of ether oxygens (including phenoxy) is 1. The van der Waals surface area contributed by atoms with Crippen LogP contribution in [0.4, 0.5) is 0 Å². The standard InChI is InChI=1S/C15H17NO4/c1-3-10(2)20-15(19)13(14(17)18)8-11-4-6-12(9-16)7-5-11/h4-7,10,13H,3,8H2,1-2H3,(H,17,18). The number of rotatable bonds is 6. The third-order valence-electron chi connectivity index (χ3n) is 3.00. The molecule has 2 atom stereocenters. The van der Waals surface area contributed by atoms with E-state index in [1.54, 1.807) is 31.2 Å². The lowest BCUT2D eigenvalue weighted by atomic mass is 9.98. The molecule has 5 heteroatoms. The molecule has 0 aromatic heterocycles. The predicted octanol–water partition coefficient (Wildman–Crippen LogP) is 2.14. The summed E-state index contributed by atoms with van der Waals surface area (Å²) in [6.07, 6.45) is 0.385. The highest BCUT2D eigenvalue weighted by Crippen LogP contribution is 2.14. The van der Waals surface area contributed by atoms with E-state index in [1.807, 2.05) is 13.0 Å². The normalized spacial score (nSPS) is 13.1. The lowest BCUT2D eigenvalue weighted by Crippen LogP contribution is -2.30. The van der Waals surface area contributed by atoms with Crippen molar-refractivity contribution in [3.8, 4) is 6.07 Å². The molecule has 0 saturated heterocycles. The lowest BCUT2D eigenvalue weighted by Gasteiger charge is -2.16. The maximum atomic E-state index is 11.8. The van der Waals surface area contributed by atoms with Gasteiger partial charge in [-0.2, -0.15) is 5.26 Å². The minimum atomic E-state index is -1.23. The van der Waals surface area contributed by atoms with Gasteiger partial charge < -0.3 is 9.84 Å². The van der Waals surface area contributed by atoms with Crippen molar-refractivity contribution in [2.45, 2.75) is 32.8 Å². The van der Waals surface area contributed by atoms with Crippen LogP contribution in [0.2, 0.25) is 0 Å². The molecular formula is C15H17NO4. The van der Waals surface area contributed by atoms with E-state index in [0.717, 1.165) is 0 Å². The maximum Gasteiger partial charge on any atom is 0.320 e.